The summed E-state index contributed by atoms with van der Waals surface area (Å²) in [6.07, 6.45) is 1.14. The van der Waals surface area contributed by atoms with Gasteiger partial charge in [0.1, 0.15) is 5.82 Å². The normalized spacial score (nSPS) is 22.4. The number of hydrogen-bond acceptors (Lipinski definition) is 2. The molecule has 1 aliphatic rings. The third kappa shape index (κ3) is 2.65. The molecule has 0 bridgehead atoms. The first-order chi connectivity index (χ1) is 8.49. The summed E-state index contributed by atoms with van der Waals surface area (Å²) in [7, 11) is 1.62. The van der Waals surface area contributed by atoms with Crippen LogP contribution in [-0.4, -0.2) is 35.6 Å². The quantitative estimate of drug-likeness (QED) is 0.917. The van der Waals surface area contributed by atoms with E-state index in [0.29, 0.717) is 25.3 Å². The van der Waals surface area contributed by atoms with Crippen LogP contribution in [0.2, 0.25) is 5.02 Å². The molecular weight excluding hydrogens is 257 g/mol. The molecule has 0 aromatic heterocycles. The Labute approximate surface area is 110 Å². The van der Waals surface area contributed by atoms with E-state index in [-0.39, 0.29) is 16.7 Å². The molecule has 0 spiro atoms. The van der Waals surface area contributed by atoms with Crippen molar-refractivity contribution in [2.45, 2.75) is 18.9 Å². The summed E-state index contributed by atoms with van der Waals surface area (Å²) in [4.78, 5) is 13.5. The molecule has 0 radical (unpaired) electrons. The van der Waals surface area contributed by atoms with Crippen molar-refractivity contribution in [1.82, 2.24) is 4.90 Å². The summed E-state index contributed by atoms with van der Waals surface area (Å²) in [5.74, 6) is -0.730. The van der Waals surface area contributed by atoms with Crippen molar-refractivity contribution in [1.29, 1.82) is 0 Å². The average molecular weight is 272 g/mol. The number of halogens is 2. The fourth-order valence-electron chi connectivity index (χ4n) is 2.21. The number of rotatable bonds is 3. The SMILES string of the molecule is CN(CC1CC(O)C1)C(=O)c1c(F)cccc1Cl. The van der Waals surface area contributed by atoms with Gasteiger partial charge in [0.05, 0.1) is 16.7 Å². The summed E-state index contributed by atoms with van der Waals surface area (Å²) in [5, 5.41) is 9.32. The number of benzene rings is 1. The maximum absolute atomic E-state index is 13.6. The van der Waals surface area contributed by atoms with E-state index >= 15 is 0 Å². The third-order valence-corrected chi connectivity index (χ3v) is 3.58. The van der Waals surface area contributed by atoms with E-state index in [0.717, 1.165) is 0 Å². The second-order valence-electron chi connectivity index (χ2n) is 4.77. The Morgan fingerprint density at radius 2 is 2.22 bits per heavy atom. The number of carbonyl (C=O) groups excluding carboxylic acids is 1. The zero-order chi connectivity index (χ0) is 13.3. The molecule has 98 valence electrons. The largest absolute Gasteiger partial charge is 0.393 e. The van der Waals surface area contributed by atoms with Gasteiger partial charge >= 0.3 is 0 Å². The average Bonchev–Trinajstić information content (AvgIpc) is 2.26. The highest BCUT2D eigenvalue weighted by molar-refractivity contribution is 6.33. The van der Waals surface area contributed by atoms with Crippen molar-refractivity contribution in [3.63, 3.8) is 0 Å². The Balaban J connectivity index is 2.06. The van der Waals surface area contributed by atoms with Gasteiger partial charge in [-0.2, -0.15) is 0 Å². The second-order valence-corrected chi connectivity index (χ2v) is 5.18. The molecule has 1 saturated carbocycles. The van der Waals surface area contributed by atoms with Crippen LogP contribution in [0, 0.1) is 11.7 Å². The zero-order valence-electron chi connectivity index (χ0n) is 10.1. The van der Waals surface area contributed by atoms with Crippen LogP contribution in [0.5, 0.6) is 0 Å². The van der Waals surface area contributed by atoms with Crippen molar-refractivity contribution in [2.75, 3.05) is 13.6 Å². The van der Waals surface area contributed by atoms with Gasteiger partial charge in [-0.15, -0.1) is 0 Å². The van der Waals surface area contributed by atoms with Gasteiger partial charge in [0.2, 0.25) is 0 Å². The van der Waals surface area contributed by atoms with E-state index < -0.39 is 11.7 Å². The molecule has 0 saturated heterocycles. The minimum absolute atomic E-state index is 0.0819. The summed E-state index contributed by atoms with van der Waals surface area (Å²) in [6.45, 7) is 0.514. The van der Waals surface area contributed by atoms with E-state index in [4.69, 9.17) is 11.6 Å². The molecular formula is C13H15ClFNO2. The van der Waals surface area contributed by atoms with Crippen LogP contribution in [0.15, 0.2) is 18.2 Å². The maximum atomic E-state index is 13.6. The van der Waals surface area contributed by atoms with Crippen molar-refractivity contribution in [3.8, 4) is 0 Å². The molecule has 1 aliphatic carbocycles. The molecule has 2 rings (SSSR count). The fourth-order valence-corrected chi connectivity index (χ4v) is 2.46. The molecule has 0 heterocycles. The lowest BCUT2D eigenvalue weighted by Crippen LogP contribution is -2.39. The molecule has 1 N–H and O–H groups in total. The third-order valence-electron chi connectivity index (χ3n) is 3.27. The van der Waals surface area contributed by atoms with Gasteiger partial charge in [-0.25, -0.2) is 4.39 Å². The lowest BCUT2D eigenvalue weighted by Gasteiger charge is -2.34. The van der Waals surface area contributed by atoms with Gasteiger partial charge in [0.25, 0.3) is 5.91 Å². The number of amides is 1. The van der Waals surface area contributed by atoms with Gasteiger partial charge in [0.15, 0.2) is 0 Å². The van der Waals surface area contributed by atoms with Crippen LogP contribution < -0.4 is 0 Å². The number of nitrogens with zero attached hydrogens (tertiary/aromatic N) is 1. The van der Waals surface area contributed by atoms with E-state index in [1.807, 2.05) is 0 Å². The topological polar surface area (TPSA) is 40.5 Å². The Bertz CT molecular complexity index is 440. The Hall–Kier alpha value is -1.13. The smallest absolute Gasteiger partial charge is 0.258 e. The second kappa shape index (κ2) is 5.24. The predicted octanol–water partition coefficient (Wildman–Crippen LogP) is 2.32. The molecule has 0 aliphatic heterocycles. The highest BCUT2D eigenvalue weighted by Crippen LogP contribution is 2.28. The molecule has 1 amide bonds. The molecule has 1 fully saturated rings. The molecule has 18 heavy (non-hydrogen) atoms. The van der Waals surface area contributed by atoms with Crippen LogP contribution in [0.3, 0.4) is 0 Å². The Kier molecular flexibility index (Phi) is 3.88. The van der Waals surface area contributed by atoms with Crippen molar-refractivity contribution >= 4 is 17.5 Å². The maximum Gasteiger partial charge on any atom is 0.258 e. The van der Waals surface area contributed by atoms with Crippen LogP contribution in [0.25, 0.3) is 0 Å². The molecule has 5 heteroatoms. The molecule has 0 unspecified atom stereocenters. The van der Waals surface area contributed by atoms with Crippen LogP contribution in [0.4, 0.5) is 4.39 Å². The number of aliphatic hydroxyl groups excluding tert-OH is 1. The standard InChI is InChI=1S/C13H15ClFNO2/c1-16(7-8-5-9(17)6-8)13(18)12-10(14)3-2-4-11(12)15/h2-4,8-9,17H,5-7H2,1H3. The van der Waals surface area contributed by atoms with Crippen LogP contribution in [-0.2, 0) is 0 Å². The zero-order valence-corrected chi connectivity index (χ0v) is 10.8. The Morgan fingerprint density at radius 1 is 1.56 bits per heavy atom. The highest BCUT2D eigenvalue weighted by Gasteiger charge is 2.30. The molecule has 3 nitrogen and oxygen atoms in total. The lowest BCUT2D eigenvalue weighted by atomic mass is 9.82. The first-order valence-electron chi connectivity index (χ1n) is 5.86. The highest BCUT2D eigenvalue weighted by atomic mass is 35.5. The van der Waals surface area contributed by atoms with E-state index in [2.05, 4.69) is 0 Å². The van der Waals surface area contributed by atoms with Crippen molar-refractivity contribution in [2.24, 2.45) is 5.92 Å². The number of carbonyl (C=O) groups is 1. The van der Waals surface area contributed by atoms with E-state index in [9.17, 15) is 14.3 Å². The first kappa shape index (κ1) is 13.3. The van der Waals surface area contributed by atoms with Gasteiger partial charge < -0.3 is 10.0 Å². The molecule has 0 atom stereocenters. The number of aliphatic hydroxyl groups is 1. The van der Waals surface area contributed by atoms with E-state index in [1.54, 1.807) is 7.05 Å². The predicted molar refractivity (Wildman–Crippen MR) is 67.1 cm³/mol. The molecule has 1 aromatic carbocycles. The monoisotopic (exact) mass is 271 g/mol. The minimum Gasteiger partial charge on any atom is -0.393 e. The first-order valence-corrected chi connectivity index (χ1v) is 6.24. The summed E-state index contributed by atoms with van der Waals surface area (Å²) >= 11 is 5.85. The lowest BCUT2D eigenvalue weighted by molar-refractivity contribution is 0.0264. The van der Waals surface area contributed by atoms with Gasteiger partial charge in [-0.05, 0) is 30.9 Å². The summed E-state index contributed by atoms with van der Waals surface area (Å²) in [6, 6.07) is 4.19. The fraction of sp³-hybridized carbons (Fsp3) is 0.462. The van der Waals surface area contributed by atoms with Gasteiger partial charge in [-0.3, -0.25) is 4.79 Å². The van der Waals surface area contributed by atoms with Gasteiger partial charge in [0, 0.05) is 13.6 Å². The van der Waals surface area contributed by atoms with Crippen LogP contribution in [0.1, 0.15) is 23.2 Å². The summed E-state index contributed by atoms with van der Waals surface area (Å²) in [5.41, 5.74) is -0.0819. The number of hydrogen-bond donors (Lipinski definition) is 1. The van der Waals surface area contributed by atoms with Crippen molar-refractivity contribution in [3.05, 3.63) is 34.6 Å². The van der Waals surface area contributed by atoms with Gasteiger partial charge in [-0.1, -0.05) is 17.7 Å². The molecule has 1 aromatic rings. The van der Waals surface area contributed by atoms with Crippen molar-refractivity contribution < 1.29 is 14.3 Å². The van der Waals surface area contributed by atoms with E-state index in [1.165, 1.54) is 23.1 Å². The Morgan fingerprint density at radius 3 is 2.78 bits per heavy atom. The summed E-state index contributed by atoms with van der Waals surface area (Å²) < 4.78 is 13.6. The van der Waals surface area contributed by atoms with Crippen LogP contribution >= 0.6 is 11.6 Å². The minimum atomic E-state index is -0.604.